The summed E-state index contributed by atoms with van der Waals surface area (Å²) in [6.45, 7) is 3.18. The van der Waals surface area contributed by atoms with Crippen LogP contribution >= 0.6 is 0 Å². The molecule has 8 heteroatoms. The molecular formula is C29H24N2O6. The Hall–Kier alpha value is -4.85. The Morgan fingerprint density at radius 3 is 1.92 bits per heavy atom. The number of rotatable bonds is 8. The number of ketones is 2. The average molecular weight is 497 g/mol. The summed E-state index contributed by atoms with van der Waals surface area (Å²) in [6, 6.07) is 18.8. The molecule has 0 atom stereocenters. The molecule has 3 aromatic carbocycles. The van der Waals surface area contributed by atoms with Crippen molar-refractivity contribution in [2.45, 2.75) is 20.3 Å². The molecule has 0 aromatic heterocycles. The van der Waals surface area contributed by atoms with Crippen molar-refractivity contribution in [2.75, 3.05) is 17.3 Å². The molecule has 0 fully saturated rings. The minimum absolute atomic E-state index is 0.180. The van der Waals surface area contributed by atoms with Crippen LogP contribution in [0.25, 0.3) is 0 Å². The number of carbonyl (C=O) groups excluding carboxylic acids is 5. The van der Waals surface area contributed by atoms with E-state index >= 15 is 0 Å². The predicted molar refractivity (Wildman–Crippen MR) is 138 cm³/mol. The molecule has 186 valence electrons. The Bertz CT molecular complexity index is 1430. The lowest BCUT2D eigenvalue weighted by Gasteiger charge is -2.15. The molecule has 37 heavy (non-hydrogen) atoms. The Morgan fingerprint density at radius 1 is 0.757 bits per heavy atom. The van der Waals surface area contributed by atoms with Crippen LogP contribution in [0.4, 0.5) is 11.4 Å². The highest BCUT2D eigenvalue weighted by molar-refractivity contribution is 6.32. The van der Waals surface area contributed by atoms with Gasteiger partial charge in [0.1, 0.15) is 5.75 Å². The molecule has 0 unspecified atom stereocenters. The smallest absolute Gasteiger partial charge is 0.343 e. The van der Waals surface area contributed by atoms with E-state index in [-0.39, 0.29) is 16.7 Å². The van der Waals surface area contributed by atoms with Crippen LogP contribution in [0, 0.1) is 0 Å². The normalized spacial score (nSPS) is 13.1. The Morgan fingerprint density at radius 2 is 1.32 bits per heavy atom. The second-order valence-corrected chi connectivity index (χ2v) is 8.51. The Balaban J connectivity index is 1.41. The van der Waals surface area contributed by atoms with Crippen molar-refractivity contribution in [2.24, 2.45) is 0 Å². The maximum Gasteiger partial charge on any atom is 0.343 e. The van der Waals surface area contributed by atoms with Crippen LogP contribution in [-0.2, 0) is 9.59 Å². The van der Waals surface area contributed by atoms with Crippen molar-refractivity contribution in [3.63, 3.8) is 0 Å². The van der Waals surface area contributed by atoms with Crippen molar-refractivity contribution < 1.29 is 28.7 Å². The molecule has 0 saturated carbocycles. The van der Waals surface area contributed by atoms with E-state index in [9.17, 15) is 24.0 Å². The summed E-state index contributed by atoms with van der Waals surface area (Å²) in [5.41, 5.74) is 2.63. The van der Waals surface area contributed by atoms with Gasteiger partial charge >= 0.3 is 5.97 Å². The Labute approximate surface area is 213 Å². The molecule has 0 aliphatic carbocycles. The highest BCUT2D eigenvalue weighted by Crippen LogP contribution is 2.27. The second-order valence-electron chi connectivity index (χ2n) is 8.51. The number of carbonyl (C=O) groups is 5. The van der Waals surface area contributed by atoms with Gasteiger partial charge in [-0.1, -0.05) is 12.1 Å². The first-order valence-corrected chi connectivity index (χ1v) is 11.5. The number of esters is 1. The average Bonchev–Trinajstić information content (AvgIpc) is 3.11. The van der Waals surface area contributed by atoms with E-state index in [4.69, 9.17) is 4.74 Å². The quantitative estimate of drug-likeness (QED) is 0.159. The zero-order valence-corrected chi connectivity index (χ0v) is 20.5. The van der Waals surface area contributed by atoms with Gasteiger partial charge in [0.05, 0.1) is 17.7 Å². The van der Waals surface area contributed by atoms with E-state index in [2.05, 4.69) is 5.32 Å². The molecule has 0 bridgehead atoms. The van der Waals surface area contributed by atoms with Gasteiger partial charge in [-0.05, 0) is 74.5 Å². The number of anilines is 2. The number of imide groups is 1. The number of Topliss-reactive ketones (excluding diaryl/α,β-unsaturated/α-hetero) is 2. The lowest BCUT2D eigenvalue weighted by atomic mass is 10.00. The van der Waals surface area contributed by atoms with Crippen LogP contribution in [0.15, 0.2) is 83.9 Å². The number of benzene rings is 3. The molecule has 0 saturated heterocycles. The summed E-state index contributed by atoms with van der Waals surface area (Å²) >= 11 is 0. The number of amides is 2. The van der Waals surface area contributed by atoms with E-state index in [1.54, 1.807) is 51.2 Å². The summed E-state index contributed by atoms with van der Waals surface area (Å²) in [5, 5.41) is 2.97. The number of nitrogens with zero attached hydrogens (tertiary/aromatic N) is 1. The van der Waals surface area contributed by atoms with Crippen molar-refractivity contribution in [3.8, 4) is 5.75 Å². The van der Waals surface area contributed by atoms with Crippen molar-refractivity contribution in [1.29, 1.82) is 0 Å². The summed E-state index contributed by atoms with van der Waals surface area (Å²) in [7, 11) is 1.78. The van der Waals surface area contributed by atoms with Crippen LogP contribution in [0.2, 0.25) is 0 Å². The minimum Gasteiger partial charge on any atom is -0.423 e. The monoisotopic (exact) mass is 496 g/mol. The summed E-state index contributed by atoms with van der Waals surface area (Å²) in [6.07, 6.45) is -0.412. The van der Waals surface area contributed by atoms with Gasteiger partial charge in [-0.25, -0.2) is 9.69 Å². The fourth-order valence-corrected chi connectivity index (χ4v) is 3.80. The van der Waals surface area contributed by atoms with E-state index in [0.717, 1.165) is 10.6 Å². The third-order valence-electron chi connectivity index (χ3n) is 6.15. The lowest BCUT2D eigenvalue weighted by molar-refractivity contribution is -0.120. The van der Waals surface area contributed by atoms with Crippen molar-refractivity contribution >= 4 is 40.7 Å². The van der Waals surface area contributed by atoms with Gasteiger partial charge in [0.2, 0.25) is 0 Å². The fourth-order valence-electron chi connectivity index (χ4n) is 3.80. The summed E-state index contributed by atoms with van der Waals surface area (Å²) in [5.74, 6) is -1.95. The maximum atomic E-state index is 12.8. The van der Waals surface area contributed by atoms with Gasteiger partial charge in [-0.15, -0.1) is 0 Å². The molecular weight excluding hydrogens is 472 g/mol. The van der Waals surface area contributed by atoms with E-state index in [1.807, 2.05) is 0 Å². The van der Waals surface area contributed by atoms with Crippen LogP contribution in [0.3, 0.4) is 0 Å². The molecule has 3 aromatic rings. The van der Waals surface area contributed by atoms with Crippen LogP contribution in [0.1, 0.15) is 51.3 Å². The molecule has 2 amide bonds. The Kier molecular flexibility index (Phi) is 7.11. The molecule has 1 heterocycles. The second kappa shape index (κ2) is 10.4. The molecule has 8 nitrogen and oxygen atoms in total. The molecule has 0 spiro atoms. The van der Waals surface area contributed by atoms with Crippen LogP contribution < -0.4 is 15.0 Å². The third-order valence-corrected chi connectivity index (χ3v) is 6.15. The first kappa shape index (κ1) is 25.2. The van der Waals surface area contributed by atoms with Crippen molar-refractivity contribution in [3.05, 3.63) is 101 Å². The zero-order chi connectivity index (χ0) is 26.7. The van der Waals surface area contributed by atoms with Gasteiger partial charge in [-0.2, -0.15) is 0 Å². The molecule has 0 radical (unpaired) electrons. The predicted octanol–water partition coefficient (Wildman–Crippen LogP) is 4.61. The molecule has 1 aliphatic heterocycles. The van der Waals surface area contributed by atoms with E-state index in [1.165, 1.54) is 42.5 Å². The number of ether oxygens (including phenoxy) is 1. The third kappa shape index (κ3) is 5.23. The SMILES string of the molecule is CNc1ccc(OC(=O)c2cccc(C(=O)CC(=O)c3ccc(N4C(=O)C(C)=C(C)C4=O)cc3)c2)cc1. The van der Waals surface area contributed by atoms with Crippen LogP contribution in [0.5, 0.6) is 5.75 Å². The fraction of sp³-hybridized carbons (Fsp3) is 0.138. The largest absolute Gasteiger partial charge is 0.423 e. The lowest BCUT2D eigenvalue weighted by Crippen LogP contribution is -2.31. The van der Waals surface area contributed by atoms with Gasteiger partial charge < -0.3 is 10.1 Å². The highest BCUT2D eigenvalue weighted by Gasteiger charge is 2.34. The first-order chi connectivity index (χ1) is 17.7. The van der Waals surface area contributed by atoms with Gasteiger partial charge in [0, 0.05) is 35.0 Å². The number of hydrogen-bond donors (Lipinski definition) is 1. The standard InChI is InChI=1S/C29H24N2O6/c1-17-18(2)28(35)31(27(17)34)23-11-7-19(8-12-23)25(32)16-26(33)20-5-4-6-21(15-20)29(36)37-24-13-9-22(30-3)10-14-24/h4-15,30H,16H2,1-3H3. The van der Waals surface area contributed by atoms with Gasteiger partial charge in [-0.3, -0.25) is 19.2 Å². The topological polar surface area (TPSA) is 110 Å². The van der Waals surface area contributed by atoms with Crippen LogP contribution in [-0.4, -0.2) is 36.4 Å². The summed E-state index contributed by atoms with van der Waals surface area (Å²) < 4.78 is 5.37. The minimum atomic E-state index is -0.625. The molecule has 1 N–H and O–H groups in total. The number of nitrogens with one attached hydrogen (secondary N) is 1. The first-order valence-electron chi connectivity index (χ1n) is 11.5. The molecule has 4 rings (SSSR count). The molecule has 1 aliphatic rings. The number of hydrogen-bond acceptors (Lipinski definition) is 7. The van der Waals surface area contributed by atoms with E-state index in [0.29, 0.717) is 22.6 Å². The maximum absolute atomic E-state index is 12.8. The van der Waals surface area contributed by atoms with E-state index < -0.39 is 35.8 Å². The van der Waals surface area contributed by atoms with Crippen molar-refractivity contribution in [1.82, 2.24) is 0 Å². The van der Waals surface area contributed by atoms with Gasteiger partial charge in [0.25, 0.3) is 11.8 Å². The highest BCUT2D eigenvalue weighted by atomic mass is 16.5. The van der Waals surface area contributed by atoms with Gasteiger partial charge in [0.15, 0.2) is 11.6 Å². The summed E-state index contributed by atoms with van der Waals surface area (Å²) in [4.78, 5) is 63.8. The zero-order valence-electron chi connectivity index (χ0n) is 20.5.